The van der Waals surface area contributed by atoms with E-state index in [-0.39, 0.29) is 10.0 Å². The van der Waals surface area contributed by atoms with Crippen molar-refractivity contribution in [3.63, 3.8) is 0 Å². The van der Waals surface area contributed by atoms with Crippen molar-refractivity contribution in [3.8, 4) is 0 Å². The summed E-state index contributed by atoms with van der Waals surface area (Å²) in [6.07, 6.45) is 1.33. The average Bonchev–Trinajstić information content (AvgIpc) is 2.33. The van der Waals surface area contributed by atoms with Gasteiger partial charge in [-0.2, -0.15) is 0 Å². The van der Waals surface area contributed by atoms with Crippen LogP contribution in [0.3, 0.4) is 0 Å². The van der Waals surface area contributed by atoms with Crippen molar-refractivity contribution in [1.82, 2.24) is 4.98 Å². The molecular weight excluding hydrogens is 422 g/mol. The maximum atomic E-state index is 12.1. The van der Waals surface area contributed by atoms with Gasteiger partial charge in [0.2, 0.25) is 0 Å². The van der Waals surface area contributed by atoms with Crippen LogP contribution in [0.5, 0.6) is 0 Å². The fourth-order valence-corrected chi connectivity index (χ4v) is 3.62. The van der Waals surface area contributed by atoms with Crippen LogP contribution in [0.1, 0.15) is 0 Å². The smallest absolute Gasteiger partial charge is 0.262 e. The zero-order valence-electron chi connectivity index (χ0n) is 9.27. The highest BCUT2D eigenvalue weighted by Crippen LogP contribution is 2.26. The first-order chi connectivity index (χ1) is 8.88. The number of rotatable bonds is 3. The van der Waals surface area contributed by atoms with E-state index in [2.05, 4.69) is 32.3 Å². The Morgan fingerprint density at radius 1 is 1.16 bits per heavy atom. The van der Waals surface area contributed by atoms with Crippen molar-refractivity contribution in [1.29, 1.82) is 0 Å². The van der Waals surface area contributed by atoms with E-state index >= 15 is 0 Å². The van der Waals surface area contributed by atoms with Crippen LogP contribution < -0.4 is 4.72 Å². The Morgan fingerprint density at radius 3 is 2.53 bits per heavy atom. The van der Waals surface area contributed by atoms with Gasteiger partial charge < -0.3 is 0 Å². The van der Waals surface area contributed by atoms with E-state index in [0.29, 0.717) is 10.7 Å². The molecule has 1 aromatic heterocycles. The Morgan fingerprint density at radius 2 is 1.89 bits per heavy atom. The summed E-state index contributed by atoms with van der Waals surface area (Å²) in [5.74, 6) is 0. The fourth-order valence-electron chi connectivity index (χ4n) is 1.33. The third-order valence-corrected chi connectivity index (χ3v) is 4.74. The number of hydrogen-bond acceptors (Lipinski definition) is 3. The van der Waals surface area contributed by atoms with Crippen molar-refractivity contribution in [2.75, 3.05) is 4.72 Å². The minimum atomic E-state index is -3.73. The lowest BCUT2D eigenvalue weighted by atomic mass is 10.3. The molecule has 1 heterocycles. The molecule has 0 bridgehead atoms. The quantitative estimate of drug-likeness (QED) is 0.597. The van der Waals surface area contributed by atoms with Crippen LogP contribution in [-0.4, -0.2) is 13.4 Å². The fraction of sp³-hybridized carbons (Fsp3) is 0. The van der Waals surface area contributed by atoms with E-state index in [1.165, 1.54) is 18.3 Å². The van der Waals surface area contributed by atoms with Gasteiger partial charge in [-0.15, -0.1) is 0 Å². The zero-order valence-corrected chi connectivity index (χ0v) is 13.8. The number of nitrogens with one attached hydrogen (secondary N) is 1. The molecule has 0 saturated carbocycles. The van der Waals surface area contributed by atoms with Gasteiger partial charge in [-0.05, 0) is 52.9 Å². The van der Waals surface area contributed by atoms with Gasteiger partial charge in [-0.1, -0.05) is 23.2 Å². The molecule has 4 nitrogen and oxygen atoms in total. The van der Waals surface area contributed by atoms with E-state index in [0.717, 1.165) is 3.57 Å². The highest BCUT2D eigenvalue weighted by atomic mass is 127. The van der Waals surface area contributed by atoms with Crippen LogP contribution >= 0.6 is 45.8 Å². The minimum absolute atomic E-state index is 0.0297. The van der Waals surface area contributed by atoms with Crippen LogP contribution in [0.25, 0.3) is 0 Å². The second kappa shape index (κ2) is 5.82. The van der Waals surface area contributed by atoms with Crippen molar-refractivity contribution in [2.24, 2.45) is 0 Å². The molecule has 1 aromatic carbocycles. The van der Waals surface area contributed by atoms with Gasteiger partial charge in [-0.25, -0.2) is 13.4 Å². The van der Waals surface area contributed by atoms with Crippen LogP contribution in [0.2, 0.25) is 10.2 Å². The predicted molar refractivity (Wildman–Crippen MR) is 84.2 cm³/mol. The number of benzene rings is 1. The van der Waals surface area contributed by atoms with E-state index in [1.807, 2.05) is 0 Å². The number of anilines is 1. The number of pyridine rings is 1. The summed E-state index contributed by atoms with van der Waals surface area (Å²) >= 11 is 13.7. The Balaban J connectivity index is 2.36. The maximum Gasteiger partial charge on any atom is 0.262 e. The Labute approximate surface area is 134 Å². The van der Waals surface area contributed by atoms with E-state index < -0.39 is 10.0 Å². The lowest BCUT2D eigenvalue weighted by Gasteiger charge is -2.09. The molecule has 0 fully saturated rings. The highest BCUT2D eigenvalue weighted by Gasteiger charge is 2.16. The lowest BCUT2D eigenvalue weighted by molar-refractivity contribution is 0.601. The molecular formula is C11H7Cl2IN2O2S. The van der Waals surface area contributed by atoms with Gasteiger partial charge in [-0.3, -0.25) is 4.72 Å². The largest absolute Gasteiger partial charge is 0.278 e. The topological polar surface area (TPSA) is 59.1 Å². The Hall–Kier alpha value is -0.570. The van der Waals surface area contributed by atoms with E-state index in [4.69, 9.17) is 23.2 Å². The SMILES string of the molecule is O=S(=O)(Nc1ccc(I)cc1Cl)c1ccnc(Cl)c1. The molecule has 0 aliphatic rings. The summed E-state index contributed by atoms with van der Waals surface area (Å²) in [6, 6.07) is 7.65. The summed E-state index contributed by atoms with van der Waals surface area (Å²) in [4.78, 5) is 3.77. The number of sulfonamides is 1. The van der Waals surface area contributed by atoms with Crippen LogP contribution in [0.15, 0.2) is 41.4 Å². The molecule has 0 unspecified atom stereocenters. The summed E-state index contributed by atoms with van der Waals surface area (Å²) in [7, 11) is -3.73. The molecule has 0 aliphatic carbocycles. The first-order valence-corrected chi connectivity index (χ1v) is 8.30. The molecule has 0 aliphatic heterocycles. The molecule has 1 N–H and O–H groups in total. The van der Waals surface area contributed by atoms with Crippen LogP contribution in [0, 0.1) is 3.57 Å². The van der Waals surface area contributed by atoms with Crippen LogP contribution in [-0.2, 0) is 10.0 Å². The maximum absolute atomic E-state index is 12.1. The number of halogens is 3. The normalized spacial score (nSPS) is 11.3. The lowest BCUT2D eigenvalue weighted by Crippen LogP contribution is -2.13. The molecule has 2 rings (SSSR count). The second-order valence-corrected chi connectivity index (χ2v) is 7.27. The van der Waals surface area contributed by atoms with Crippen molar-refractivity contribution < 1.29 is 8.42 Å². The molecule has 100 valence electrons. The van der Waals surface area contributed by atoms with Gasteiger partial charge >= 0.3 is 0 Å². The average molecular weight is 429 g/mol. The summed E-state index contributed by atoms with van der Waals surface area (Å²) in [6.45, 7) is 0. The molecule has 0 saturated heterocycles. The van der Waals surface area contributed by atoms with Crippen molar-refractivity contribution >= 4 is 61.5 Å². The molecule has 0 spiro atoms. The Kier molecular flexibility index (Phi) is 4.54. The van der Waals surface area contributed by atoms with Gasteiger partial charge in [0, 0.05) is 9.77 Å². The molecule has 19 heavy (non-hydrogen) atoms. The zero-order chi connectivity index (χ0) is 14.0. The summed E-state index contributed by atoms with van der Waals surface area (Å²) in [5, 5.41) is 0.437. The number of aromatic nitrogens is 1. The van der Waals surface area contributed by atoms with Gasteiger partial charge in [0.15, 0.2) is 0 Å². The molecule has 2 aromatic rings. The van der Waals surface area contributed by atoms with Crippen molar-refractivity contribution in [3.05, 3.63) is 50.3 Å². The molecule has 8 heteroatoms. The van der Waals surface area contributed by atoms with E-state index in [1.54, 1.807) is 18.2 Å². The van der Waals surface area contributed by atoms with Gasteiger partial charge in [0.05, 0.1) is 15.6 Å². The molecule has 0 atom stereocenters. The number of hydrogen-bond donors (Lipinski definition) is 1. The minimum Gasteiger partial charge on any atom is -0.278 e. The third kappa shape index (κ3) is 3.71. The summed E-state index contributed by atoms with van der Waals surface area (Å²) < 4.78 is 27.6. The predicted octanol–water partition coefficient (Wildman–Crippen LogP) is 3.79. The standard InChI is InChI=1S/C11H7Cl2IN2O2S/c12-9-5-7(14)1-2-10(9)16-19(17,18)8-3-4-15-11(13)6-8/h1-6,16H. The van der Waals surface area contributed by atoms with Gasteiger partial charge in [0.1, 0.15) is 5.15 Å². The van der Waals surface area contributed by atoms with Crippen LogP contribution in [0.4, 0.5) is 5.69 Å². The van der Waals surface area contributed by atoms with Gasteiger partial charge in [0.25, 0.3) is 10.0 Å². The Bertz CT molecular complexity index is 722. The monoisotopic (exact) mass is 428 g/mol. The van der Waals surface area contributed by atoms with Crippen molar-refractivity contribution in [2.45, 2.75) is 4.90 Å². The first-order valence-electron chi connectivity index (χ1n) is 4.98. The second-order valence-electron chi connectivity index (χ2n) is 3.54. The molecule has 0 amide bonds. The number of nitrogens with zero attached hydrogens (tertiary/aromatic N) is 1. The molecule has 0 radical (unpaired) electrons. The summed E-state index contributed by atoms with van der Waals surface area (Å²) in [5.41, 5.74) is 0.315. The van der Waals surface area contributed by atoms with E-state index in [9.17, 15) is 8.42 Å². The highest BCUT2D eigenvalue weighted by molar-refractivity contribution is 14.1. The third-order valence-electron chi connectivity index (χ3n) is 2.18. The first kappa shape index (κ1) is 14.8.